The summed E-state index contributed by atoms with van der Waals surface area (Å²) >= 11 is 2.11. The van der Waals surface area contributed by atoms with Crippen molar-refractivity contribution >= 4 is 50.1 Å². The Labute approximate surface area is 208 Å². The Kier molecular flexibility index (Phi) is 10.1. The molecule has 10 heteroatoms. The number of amides is 2. The molecule has 0 spiro atoms. The number of nitrogens with one attached hydrogen (secondary N) is 1. The highest BCUT2D eigenvalue weighted by Crippen LogP contribution is 2.21. The number of rotatable bonds is 11. The Hall–Kier alpha value is -2.21. The smallest absolute Gasteiger partial charge is 0.244 e. The summed E-state index contributed by atoms with van der Waals surface area (Å²) in [4.78, 5) is 27.6. The van der Waals surface area contributed by atoms with Gasteiger partial charge in [0.15, 0.2) is 0 Å². The van der Waals surface area contributed by atoms with Crippen molar-refractivity contribution in [3.8, 4) is 0 Å². The van der Waals surface area contributed by atoms with Gasteiger partial charge in [0.05, 0.1) is 11.9 Å². The highest BCUT2D eigenvalue weighted by molar-refractivity contribution is 14.1. The van der Waals surface area contributed by atoms with E-state index in [2.05, 4.69) is 27.9 Å². The maximum Gasteiger partial charge on any atom is 0.244 e. The number of carbonyl (C=O) groups is 2. The van der Waals surface area contributed by atoms with E-state index in [9.17, 15) is 22.4 Å². The van der Waals surface area contributed by atoms with Gasteiger partial charge in [-0.3, -0.25) is 13.9 Å². The van der Waals surface area contributed by atoms with Crippen molar-refractivity contribution in [3.05, 3.63) is 63.5 Å². The van der Waals surface area contributed by atoms with E-state index >= 15 is 0 Å². The molecule has 0 aliphatic rings. The van der Waals surface area contributed by atoms with Crippen LogP contribution in [0.1, 0.15) is 32.3 Å². The molecular formula is C23H29FIN3O4S. The molecule has 0 saturated heterocycles. The molecule has 0 fully saturated rings. The van der Waals surface area contributed by atoms with Gasteiger partial charge in [-0.25, -0.2) is 12.8 Å². The van der Waals surface area contributed by atoms with E-state index in [1.165, 1.54) is 17.0 Å². The number of nitrogens with zero attached hydrogens (tertiary/aromatic N) is 2. The minimum Gasteiger partial charge on any atom is -0.354 e. The Morgan fingerprint density at radius 2 is 1.67 bits per heavy atom. The van der Waals surface area contributed by atoms with E-state index in [0.717, 1.165) is 20.6 Å². The summed E-state index contributed by atoms with van der Waals surface area (Å²) in [7, 11) is -3.77. The van der Waals surface area contributed by atoms with Crippen molar-refractivity contribution < 1.29 is 22.4 Å². The molecule has 7 nitrogen and oxygen atoms in total. The van der Waals surface area contributed by atoms with Gasteiger partial charge in [0, 0.05) is 16.7 Å². The Morgan fingerprint density at radius 3 is 2.18 bits per heavy atom. The van der Waals surface area contributed by atoms with E-state index < -0.39 is 34.3 Å². The standard InChI is InChI=1S/C23H29FIN3O4S/c1-4-14-26-23(30)21(5-2)27(15-17-6-8-18(24)9-7-17)22(29)16-28(33(3,31)32)20-12-10-19(25)11-13-20/h6-13,21H,4-5,14-16H2,1-3H3,(H,26,30)/t21-/m1/s1. The Bertz CT molecular complexity index is 1050. The molecule has 2 rings (SSSR count). The highest BCUT2D eigenvalue weighted by atomic mass is 127. The third-order valence-electron chi connectivity index (χ3n) is 5.00. The number of benzene rings is 2. The molecule has 0 radical (unpaired) electrons. The molecule has 0 unspecified atom stereocenters. The van der Waals surface area contributed by atoms with E-state index in [1.54, 1.807) is 43.3 Å². The third kappa shape index (κ3) is 7.95. The summed E-state index contributed by atoms with van der Waals surface area (Å²) in [6, 6.07) is 11.6. The number of anilines is 1. The second-order valence-electron chi connectivity index (χ2n) is 7.61. The van der Waals surface area contributed by atoms with Gasteiger partial charge >= 0.3 is 0 Å². The number of hydrogen-bond donors (Lipinski definition) is 1. The molecule has 0 aliphatic carbocycles. The van der Waals surface area contributed by atoms with Crippen molar-refractivity contribution in [2.45, 2.75) is 39.3 Å². The van der Waals surface area contributed by atoms with Gasteiger partial charge in [0.1, 0.15) is 18.4 Å². The predicted octanol–water partition coefficient (Wildman–Crippen LogP) is 3.53. The summed E-state index contributed by atoms with van der Waals surface area (Å²) in [5.41, 5.74) is 0.989. The minimum absolute atomic E-state index is 0.0431. The lowest BCUT2D eigenvalue weighted by atomic mass is 10.1. The highest BCUT2D eigenvalue weighted by Gasteiger charge is 2.31. The fourth-order valence-electron chi connectivity index (χ4n) is 3.29. The minimum atomic E-state index is -3.77. The first-order chi connectivity index (χ1) is 15.6. The molecule has 1 N–H and O–H groups in total. The maximum atomic E-state index is 13.5. The fraction of sp³-hybridized carbons (Fsp3) is 0.391. The molecule has 0 aromatic heterocycles. The van der Waals surface area contributed by atoms with Crippen LogP contribution in [0, 0.1) is 9.39 Å². The van der Waals surface area contributed by atoms with E-state index in [-0.39, 0.29) is 12.5 Å². The van der Waals surface area contributed by atoms with Gasteiger partial charge in [-0.1, -0.05) is 26.0 Å². The fourth-order valence-corrected chi connectivity index (χ4v) is 4.50. The van der Waals surface area contributed by atoms with Crippen molar-refractivity contribution in [2.24, 2.45) is 0 Å². The molecule has 0 bridgehead atoms. The van der Waals surface area contributed by atoms with Crippen LogP contribution >= 0.6 is 22.6 Å². The molecular weight excluding hydrogens is 560 g/mol. The van der Waals surface area contributed by atoms with Crippen molar-refractivity contribution in [1.82, 2.24) is 10.2 Å². The van der Waals surface area contributed by atoms with Crippen molar-refractivity contribution in [3.63, 3.8) is 0 Å². The van der Waals surface area contributed by atoms with Crippen LogP contribution in [0.15, 0.2) is 48.5 Å². The molecule has 0 aliphatic heterocycles. The molecule has 0 saturated carbocycles. The van der Waals surface area contributed by atoms with E-state index in [1.807, 2.05) is 6.92 Å². The predicted molar refractivity (Wildman–Crippen MR) is 136 cm³/mol. The van der Waals surface area contributed by atoms with Crippen LogP contribution in [0.3, 0.4) is 0 Å². The second-order valence-corrected chi connectivity index (χ2v) is 10.8. The van der Waals surface area contributed by atoms with Crippen LogP contribution < -0.4 is 9.62 Å². The van der Waals surface area contributed by atoms with Crippen molar-refractivity contribution in [1.29, 1.82) is 0 Å². The monoisotopic (exact) mass is 589 g/mol. The van der Waals surface area contributed by atoms with Gasteiger partial charge in [0.25, 0.3) is 0 Å². The summed E-state index contributed by atoms with van der Waals surface area (Å²) in [5.74, 6) is -1.25. The van der Waals surface area contributed by atoms with Crippen LogP contribution in [0.25, 0.3) is 0 Å². The number of halogens is 2. The Balaban J connectivity index is 2.39. The lowest BCUT2D eigenvalue weighted by Gasteiger charge is -2.32. The lowest BCUT2D eigenvalue weighted by Crippen LogP contribution is -2.52. The normalized spacial score (nSPS) is 12.2. The first-order valence-corrected chi connectivity index (χ1v) is 13.5. The number of hydrogen-bond acceptors (Lipinski definition) is 4. The third-order valence-corrected chi connectivity index (χ3v) is 6.85. The zero-order chi connectivity index (χ0) is 24.6. The van der Waals surface area contributed by atoms with Gasteiger partial charge in [0.2, 0.25) is 21.8 Å². The zero-order valence-electron chi connectivity index (χ0n) is 18.9. The summed E-state index contributed by atoms with van der Waals surface area (Å²) in [5, 5.41) is 2.81. The molecule has 1 atom stereocenters. The van der Waals surface area contributed by atoms with Crippen LogP contribution in [0.2, 0.25) is 0 Å². The van der Waals surface area contributed by atoms with Crippen LogP contribution in [-0.2, 0) is 26.2 Å². The van der Waals surface area contributed by atoms with E-state index in [4.69, 9.17) is 0 Å². The Morgan fingerprint density at radius 1 is 1.06 bits per heavy atom. The number of carbonyl (C=O) groups excluding carboxylic acids is 2. The summed E-state index contributed by atoms with van der Waals surface area (Å²) in [6.07, 6.45) is 2.11. The zero-order valence-corrected chi connectivity index (χ0v) is 21.9. The van der Waals surface area contributed by atoms with E-state index in [0.29, 0.717) is 24.2 Å². The molecule has 0 heterocycles. The van der Waals surface area contributed by atoms with Crippen LogP contribution in [0.5, 0.6) is 0 Å². The van der Waals surface area contributed by atoms with Gasteiger partial charge in [-0.2, -0.15) is 0 Å². The lowest BCUT2D eigenvalue weighted by molar-refractivity contribution is -0.140. The van der Waals surface area contributed by atoms with Crippen LogP contribution in [0.4, 0.5) is 10.1 Å². The molecule has 180 valence electrons. The topological polar surface area (TPSA) is 86.8 Å². The molecule has 2 amide bonds. The van der Waals surface area contributed by atoms with Crippen molar-refractivity contribution in [2.75, 3.05) is 23.7 Å². The summed E-state index contributed by atoms with van der Waals surface area (Å²) in [6.45, 7) is 3.76. The molecule has 2 aromatic rings. The maximum absolute atomic E-state index is 13.5. The van der Waals surface area contributed by atoms with Gasteiger partial charge in [-0.05, 0) is 77.4 Å². The van der Waals surface area contributed by atoms with Gasteiger partial charge < -0.3 is 10.2 Å². The number of sulfonamides is 1. The van der Waals surface area contributed by atoms with Crippen LogP contribution in [-0.4, -0.2) is 50.5 Å². The second kappa shape index (κ2) is 12.3. The quantitative estimate of drug-likeness (QED) is 0.407. The largest absolute Gasteiger partial charge is 0.354 e. The average Bonchev–Trinajstić information content (AvgIpc) is 2.77. The first-order valence-electron chi connectivity index (χ1n) is 10.6. The van der Waals surface area contributed by atoms with Gasteiger partial charge in [-0.15, -0.1) is 0 Å². The summed E-state index contributed by atoms with van der Waals surface area (Å²) < 4.78 is 40.4. The average molecular weight is 589 g/mol. The molecule has 2 aromatic carbocycles. The SMILES string of the molecule is CCCNC(=O)[C@@H](CC)N(Cc1ccc(F)cc1)C(=O)CN(c1ccc(I)cc1)S(C)(=O)=O. The molecule has 33 heavy (non-hydrogen) atoms. The first kappa shape index (κ1) is 27.0.